The van der Waals surface area contributed by atoms with Gasteiger partial charge in [-0.05, 0) is 19.4 Å². The number of rotatable bonds is 4. The third-order valence-corrected chi connectivity index (χ3v) is 2.18. The van der Waals surface area contributed by atoms with Crippen molar-refractivity contribution >= 4 is 6.08 Å². The molecule has 76 valence electrons. The van der Waals surface area contributed by atoms with E-state index < -0.39 is 0 Å². The Morgan fingerprint density at radius 1 is 1.21 bits per heavy atom. The third-order valence-electron chi connectivity index (χ3n) is 2.18. The summed E-state index contributed by atoms with van der Waals surface area (Å²) in [4.78, 5) is 1.91. The van der Waals surface area contributed by atoms with Crippen LogP contribution in [-0.4, -0.2) is 23.1 Å². The first-order valence-corrected chi connectivity index (χ1v) is 4.98. The zero-order chi connectivity index (χ0) is 10.4. The standard InChI is InChI=1S/C12H17NO/c1-3-13(4-2)12(14)10-11-8-6-5-7-9-11/h5-10,14H,3-4H2,1-2H3/b12-10-. The van der Waals surface area contributed by atoms with E-state index >= 15 is 0 Å². The minimum Gasteiger partial charge on any atom is -0.495 e. The molecule has 0 aliphatic rings. The van der Waals surface area contributed by atoms with Gasteiger partial charge in [0, 0.05) is 19.2 Å². The van der Waals surface area contributed by atoms with Crippen LogP contribution in [0, 0.1) is 0 Å². The second kappa shape index (κ2) is 5.32. The number of aliphatic hydroxyl groups excluding tert-OH is 1. The van der Waals surface area contributed by atoms with Gasteiger partial charge in [-0.3, -0.25) is 0 Å². The topological polar surface area (TPSA) is 23.5 Å². The van der Waals surface area contributed by atoms with E-state index in [9.17, 15) is 5.11 Å². The zero-order valence-corrected chi connectivity index (χ0v) is 8.77. The Hall–Kier alpha value is -1.44. The lowest BCUT2D eigenvalue weighted by molar-refractivity contribution is 0.221. The fourth-order valence-corrected chi connectivity index (χ4v) is 1.34. The van der Waals surface area contributed by atoms with Crippen molar-refractivity contribution in [2.75, 3.05) is 13.1 Å². The maximum absolute atomic E-state index is 9.75. The first-order chi connectivity index (χ1) is 6.77. The molecular formula is C12H17NO. The highest BCUT2D eigenvalue weighted by Crippen LogP contribution is 2.07. The minimum atomic E-state index is 0.334. The summed E-state index contributed by atoms with van der Waals surface area (Å²) in [7, 11) is 0. The van der Waals surface area contributed by atoms with E-state index in [2.05, 4.69) is 0 Å². The van der Waals surface area contributed by atoms with Crippen molar-refractivity contribution in [3.8, 4) is 0 Å². The van der Waals surface area contributed by atoms with Gasteiger partial charge < -0.3 is 10.0 Å². The van der Waals surface area contributed by atoms with Crippen LogP contribution in [0.1, 0.15) is 19.4 Å². The normalized spacial score (nSPS) is 11.4. The van der Waals surface area contributed by atoms with Gasteiger partial charge in [0.2, 0.25) is 0 Å². The number of benzene rings is 1. The zero-order valence-electron chi connectivity index (χ0n) is 8.77. The number of nitrogens with zero attached hydrogens (tertiary/aromatic N) is 1. The first-order valence-electron chi connectivity index (χ1n) is 4.98. The Bertz CT molecular complexity index is 288. The average molecular weight is 191 g/mol. The quantitative estimate of drug-likeness (QED) is 0.740. The van der Waals surface area contributed by atoms with Crippen molar-refractivity contribution in [2.45, 2.75) is 13.8 Å². The van der Waals surface area contributed by atoms with Gasteiger partial charge >= 0.3 is 0 Å². The Kier molecular flexibility index (Phi) is 4.05. The molecule has 14 heavy (non-hydrogen) atoms. The summed E-state index contributed by atoms with van der Waals surface area (Å²) in [5.74, 6) is 0.334. The summed E-state index contributed by atoms with van der Waals surface area (Å²) in [5.41, 5.74) is 1.02. The molecule has 0 heterocycles. The molecule has 2 heteroatoms. The van der Waals surface area contributed by atoms with E-state index in [4.69, 9.17) is 0 Å². The smallest absolute Gasteiger partial charge is 0.187 e. The molecule has 0 radical (unpaired) electrons. The summed E-state index contributed by atoms with van der Waals surface area (Å²) < 4.78 is 0. The van der Waals surface area contributed by atoms with Gasteiger partial charge in [-0.1, -0.05) is 30.3 Å². The van der Waals surface area contributed by atoms with Gasteiger partial charge in [-0.25, -0.2) is 0 Å². The van der Waals surface area contributed by atoms with Crippen molar-refractivity contribution in [1.29, 1.82) is 0 Å². The first kappa shape index (κ1) is 10.6. The third kappa shape index (κ3) is 2.80. The van der Waals surface area contributed by atoms with E-state index in [0.717, 1.165) is 18.7 Å². The maximum atomic E-state index is 9.75. The van der Waals surface area contributed by atoms with Crippen LogP contribution >= 0.6 is 0 Å². The van der Waals surface area contributed by atoms with Gasteiger partial charge in [-0.15, -0.1) is 0 Å². The Morgan fingerprint density at radius 3 is 2.29 bits per heavy atom. The van der Waals surface area contributed by atoms with Gasteiger partial charge in [0.05, 0.1) is 0 Å². The Balaban J connectivity index is 2.77. The Morgan fingerprint density at radius 2 is 1.79 bits per heavy atom. The molecule has 0 aromatic heterocycles. The molecule has 0 aliphatic heterocycles. The molecule has 0 amide bonds. The molecule has 0 unspecified atom stereocenters. The molecule has 0 aliphatic carbocycles. The molecule has 1 aromatic rings. The van der Waals surface area contributed by atoms with Crippen LogP contribution in [0.5, 0.6) is 0 Å². The summed E-state index contributed by atoms with van der Waals surface area (Å²) in [5, 5.41) is 9.75. The van der Waals surface area contributed by atoms with E-state index in [1.165, 1.54) is 0 Å². The average Bonchev–Trinajstić information content (AvgIpc) is 2.21. The van der Waals surface area contributed by atoms with Crippen LogP contribution in [0.2, 0.25) is 0 Å². The van der Waals surface area contributed by atoms with E-state index in [0.29, 0.717) is 5.88 Å². The van der Waals surface area contributed by atoms with E-state index in [1.807, 2.05) is 49.1 Å². The molecule has 2 nitrogen and oxygen atoms in total. The fourth-order valence-electron chi connectivity index (χ4n) is 1.34. The van der Waals surface area contributed by atoms with Crippen molar-refractivity contribution in [3.05, 3.63) is 41.8 Å². The Labute approximate surface area is 85.5 Å². The number of hydrogen-bond acceptors (Lipinski definition) is 2. The summed E-state index contributed by atoms with van der Waals surface area (Å²) >= 11 is 0. The van der Waals surface area contributed by atoms with Gasteiger partial charge in [0.1, 0.15) is 0 Å². The summed E-state index contributed by atoms with van der Waals surface area (Å²) in [6.45, 7) is 5.70. The van der Waals surface area contributed by atoms with Crippen LogP contribution in [0.15, 0.2) is 36.2 Å². The highest BCUT2D eigenvalue weighted by molar-refractivity contribution is 5.50. The lowest BCUT2D eigenvalue weighted by atomic mass is 10.2. The van der Waals surface area contributed by atoms with E-state index in [1.54, 1.807) is 6.08 Å². The predicted octanol–water partition coefficient (Wildman–Crippen LogP) is 2.88. The molecule has 1 aromatic carbocycles. The highest BCUT2D eigenvalue weighted by Gasteiger charge is 2.01. The molecule has 1 N–H and O–H groups in total. The van der Waals surface area contributed by atoms with Crippen LogP contribution in [0.25, 0.3) is 6.08 Å². The molecule has 1 rings (SSSR count). The van der Waals surface area contributed by atoms with E-state index in [-0.39, 0.29) is 0 Å². The van der Waals surface area contributed by atoms with Gasteiger partial charge in [0.25, 0.3) is 0 Å². The largest absolute Gasteiger partial charge is 0.495 e. The number of hydrogen-bond donors (Lipinski definition) is 1. The fraction of sp³-hybridized carbons (Fsp3) is 0.333. The molecule has 0 bridgehead atoms. The van der Waals surface area contributed by atoms with Gasteiger partial charge in [0.15, 0.2) is 5.88 Å². The predicted molar refractivity (Wildman–Crippen MR) is 60.0 cm³/mol. The summed E-state index contributed by atoms with van der Waals surface area (Å²) in [6.07, 6.45) is 1.78. The van der Waals surface area contributed by atoms with Crippen molar-refractivity contribution < 1.29 is 5.11 Å². The summed E-state index contributed by atoms with van der Waals surface area (Å²) in [6, 6.07) is 9.83. The molecule has 0 saturated carbocycles. The number of aliphatic hydroxyl groups is 1. The van der Waals surface area contributed by atoms with Crippen LogP contribution in [-0.2, 0) is 0 Å². The lowest BCUT2D eigenvalue weighted by Crippen LogP contribution is -2.21. The molecule has 0 atom stereocenters. The molecule has 0 spiro atoms. The lowest BCUT2D eigenvalue weighted by Gasteiger charge is -2.19. The second-order valence-corrected chi connectivity index (χ2v) is 3.09. The molecule has 0 saturated heterocycles. The van der Waals surface area contributed by atoms with Crippen molar-refractivity contribution in [1.82, 2.24) is 4.90 Å². The van der Waals surface area contributed by atoms with Gasteiger partial charge in [-0.2, -0.15) is 0 Å². The SMILES string of the molecule is CCN(CC)/C(O)=C/c1ccccc1. The van der Waals surface area contributed by atoms with Crippen LogP contribution in [0.3, 0.4) is 0 Å². The van der Waals surface area contributed by atoms with Crippen LogP contribution < -0.4 is 0 Å². The molecular weight excluding hydrogens is 174 g/mol. The molecule has 0 fully saturated rings. The van der Waals surface area contributed by atoms with Crippen LogP contribution in [0.4, 0.5) is 0 Å². The minimum absolute atomic E-state index is 0.334. The monoisotopic (exact) mass is 191 g/mol. The van der Waals surface area contributed by atoms with Crippen molar-refractivity contribution in [2.24, 2.45) is 0 Å². The van der Waals surface area contributed by atoms with Crippen molar-refractivity contribution in [3.63, 3.8) is 0 Å². The second-order valence-electron chi connectivity index (χ2n) is 3.09. The highest BCUT2D eigenvalue weighted by atomic mass is 16.3. The maximum Gasteiger partial charge on any atom is 0.187 e.